The first kappa shape index (κ1) is 10.4. The fourth-order valence-electron chi connectivity index (χ4n) is 2.65. The molecule has 0 spiro atoms. The zero-order chi connectivity index (χ0) is 9.97. The largest absolute Gasteiger partial charge is 0.304 e. The Morgan fingerprint density at radius 2 is 1.79 bits per heavy atom. The highest BCUT2D eigenvalue weighted by atomic mass is 15.3. The van der Waals surface area contributed by atoms with Gasteiger partial charge in [-0.05, 0) is 32.2 Å². The molecule has 1 saturated carbocycles. The first-order chi connectivity index (χ1) is 6.81. The van der Waals surface area contributed by atoms with Gasteiger partial charge in [-0.3, -0.25) is 4.90 Å². The van der Waals surface area contributed by atoms with E-state index in [9.17, 15) is 0 Å². The molecule has 0 amide bonds. The number of rotatable bonds is 4. The fraction of sp³-hybridized carbons (Fsp3) is 1.00. The summed E-state index contributed by atoms with van der Waals surface area (Å²) >= 11 is 0. The van der Waals surface area contributed by atoms with Crippen LogP contribution < -0.4 is 0 Å². The predicted molar refractivity (Wildman–Crippen MR) is 60.5 cm³/mol. The Bertz CT molecular complexity index is 169. The van der Waals surface area contributed by atoms with Crippen LogP contribution in [0.1, 0.15) is 32.6 Å². The van der Waals surface area contributed by atoms with Crippen LogP contribution in [0.3, 0.4) is 0 Å². The maximum absolute atomic E-state index is 2.75. The summed E-state index contributed by atoms with van der Waals surface area (Å²) in [5, 5.41) is 0. The Hall–Kier alpha value is -0.0800. The van der Waals surface area contributed by atoms with E-state index < -0.39 is 0 Å². The van der Waals surface area contributed by atoms with E-state index in [0.29, 0.717) is 0 Å². The van der Waals surface area contributed by atoms with Crippen molar-refractivity contribution in [1.82, 2.24) is 9.80 Å². The third kappa shape index (κ3) is 2.48. The van der Waals surface area contributed by atoms with Crippen LogP contribution in [-0.2, 0) is 0 Å². The highest BCUT2D eigenvalue weighted by molar-refractivity contribution is 4.89. The van der Waals surface area contributed by atoms with E-state index in [1.165, 1.54) is 51.9 Å². The van der Waals surface area contributed by atoms with E-state index in [2.05, 4.69) is 23.8 Å². The molecule has 0 aromatic rings. The van der Waals surface area contributed by atoms with Crippen molar-refractivity contribution in [1.29, 1.82) is 0 Å². The number of likely N-dealkylation sites (N-methyl/N-ethyl adjacent to an activating group) is 1. The maximum Gasteiger partial charge on any atom is 0.0124 e. The van der Waals surface area contributed by atoms with E-state index >= 15 is 0 Å². The van der Waals surface area contributed by atoms with Crippen molar-refractivity contribution < 1.29 is 0 Å². The lowest BCUT2D eigenvalue weighted by molar-refractivity contribution is 0.0953. The van der Waals surface area contributed by atoms with Crippen LogP contribution in [0.4, 0.5) is 0 Å². The summed E-state index contributed by atoms with van der Waals surface area (Å²) in [6.07, 6.45) is 5.77. The molecule has 0 unspecified atom stereocenters. The van der Waals surface area contributed by atoms with Crippen molar-refractivity contribution >= 4 is 0 Å². The second-order valence-corrected chi connectivity index (χ2v) is 5.03. The molecular formula is C12H24N2. The molecule has 1 aliphatic carbocycles. The molecule has 14 heavy (non-hydrogen) atoms. The zero-order valence-electron chi connectivity index (χ0n) is 9.71. The van der Waals surface area contributed by atoms with Gasteiger partial charge in [-0.15, -0.1) is 0 Å². The molecule has 2 fully saturated rings. The van der Waals surface area contributed by atoms with Crippen molar-refractivity contribution in [2.24, 2.45) is 5.92 Å². The molecule has 0 bridgehead atoms. The van der Waals surface area contributed by atoms with Gasteiger partial charge < -0.3 is 4.90 Å². The molecule has 1 atom stereocenters. The molecule has 0 aromatic heterocycles. The molecule has 1 aliphatic heterocycles. The lowest BCUT2D eigenvalue weighted by atomic mass is 10.0. The van der Waals surface area contributed by atoms with Crippen LogP contribution in [0.5, 0.6) is 0 Å². The molecule has 1 heterocycles. The zero-order valence-corrected chi connectivity index (χ0v) is 9.71. The van der Waals surface area contributed by atoms with Gasteiger partial charge in [0.2, 0.25) is 0 Å². The lowest BCUT2D eigenvalue weighted by Gasteiger charge is -2.38. The molecule has 2 aliphatic rings. The van der Waals surface area contributed by atoms with Crippen LogP contribution in [0.25, 0.3) is 0 Å². The summed E-state index contributed by atoms with van der Waals surface area (Å²) < 4.78 is 0. The minimum absolute atomic E-state index is 0.925. The number of nitrogens with zero attached hydrogens (tertiary/aromatic N) is 2. The summed E-state index contributed by atoms with van der Waals surface area (Å²) in [4.78, 5) is 5.20. The summed E-state index contributed by atoms with van der Waals surface area (Å²) in [6, 6.07) is 0.925. The Balaban J connectivity index is 1.84. The molecule has 2 rings (SSSR count). The molecule has 2 nitrogen and oxygen atoms in total. The molecule has 0 radical (unpaired) electrons. The van der Waals surface area contributed by atoms with E-state index in [1.54, 1.807) is 0 Å². The second kappa shape index (κ2) is 4.63. The molecule has 82 valence electrons. The summed E-state index contributed by atoms with van der Waals surface area (Å²) in [6.45, 7) is 7.47. The van der Waals surface area contributed by atoms with E-state index in [4.69, 9.17) is 0 Å². The topological polar surface area (TPSA) is 6.48 Å². The molecule has 0 aromatic carbocycles. The monoisotopic (exact) mass is 196 g/mol. The van der Waals surface area contributed by atoms with Crippen LogP contribution in [0, 0.1) is 5.92 Å². The summed E-state index contributed by atoms with van der Waals surface area (Å²) in [7, 11) is 2.24. The lowest BCUT2D eigenvalue weighted by Crippen LogP contribution is -2.49. The molecular weight excluding hydrogens is 172 g/mol. The molecule has 0 N–H and O–H groups in total. The van der Waals surface area contributed by atoms with Crippen LogP contribution in [-0.4, -0.2) is 49.1 Å². The summed E-state index contributed by atoms with van der Waals surface area (Å²) in [5.41, 5.74) is 0. The third-order valence-electron chi connectivity index (χ3n) is 3.76. The van der Waals surface area contributed by atoms with E-state index in [1.807, 2.05) is 0 Å². The third-order valence-corrected chi connectivity index (χ3v) is 3.76. The average molecular weight is 196 g/mol. The number of hydrogen-bond donors (Lipinski definition) is 0. The quantitative estimate of drug-likeness (QED) is 0.676. The smallest absolute Gasteiger partial charge is 0.0124 e. The van der Waals surface area contributed by atoms with Gasteiger partial charge in [-0.25, -0.2) is 0 Å². The maximum atomic E-state index is 2.75. The van der Waals surface area contributed by atoms with Gasteiger partial charge in [-0.2, -0.15) is 0 Å². The standard InChI is InChI=1S/C12H24N2/c1-3-4-12(11-5-6-11)14-9-7-13(2)8-10-14/h11-12H,3-10H2,1-2H3/t12-/m1/s1. The Labute approximate surface area is 88.3 Å². The minimum atomic E-state index is 0.925. The van der Waals surface area contributed by atoms with Gasteiger partial charge in [0.05, 0.1) is 0 Å². The van der Waals surface area contributed by atoms with Gasteiger partial charge >= 0.3 is 0 Å². The van der Waals surface area contributed by atoms with Crippen molar-refractivity contribution in [2.45, 2.75) is 38.6 Å². The predicted octanol–water partition coefficient (Wildman–Crippen LogP) is 1.81. The Kier molecular flexibility index (Phi) is 3.45. The normalized spacial score (nSPS) is 27.9. The van der Waals surface area contributed by atoms with Crippen LogP contribution >= 0.6 is 0 Å². The first-order valence-electron chi connectivity index (χ1n) is 6.24. The number of hydrogen-bond acceptors (Lipinski definition) is 2. The van der Waals surface area contributed by atoms with Gasteiger partial charge in [0, 0.05) is 32.2 Å². The van der Waals surface area contributed by atoms with Gasteiger partial charge in [0.15, 0.2) is 0 Å². The highest BCUT2D eigenvalue weighted by Crippen LogP contribution is 2.37. The van der Waals surface area contributed by atoms with E-state index in [-0.39, 0.29) is 0 Å². The highest BCUT2D eigenvalue weighted by Gasteiger charge is 2.35. The van der Waals surface area contributed by atoms with Crippen molar-refractivity contribution in [2.75, 3.05) is 33.2 Å². The van der Waals surface area contributed by atoms with E-state index in [0.717, 1.165) is 12.0 Å². The minimum Gasteiger partial charge on any atom is -0.304 e. The van der Waals surface area contributed by atoms with Crippen molar-refractivity contribution in [3.05, 3.63) is 0 Å². The fourth-order valence-corrected chi connectivity index (χ4v) is 2.65. The Morgan fingerprint density at radius 3 is 2.29 bits per heavy atom. The van der Waals surface area contributed by atoms with Gasteiger partial charge in [0.1, 0.15) is 0 Å². The van der Waals surface area contributed by atoms with Gasteiger partial charge in [-0.1, -0.05) is 13.3 Å². The number of piperazine rings is 1. The van der Waals surface area contributed by atoms with Crippen LogP contribution in [0.2, 0.25) is 0 Å². The van der Waals surface area contributed by atoms with Crippen molar-refractivity contribution in [3.8, 4) is 0 Å². The first-order valence-corrected chi connectivity index (χ1v) is 6.24. The van der Waals surface area contributed by atoms with Crippen molar-refractivity contribution in [3.63, 3.8) is 0 Å². The Morgan fingerprint density at radius 1 is 1.14 bits per heavy atom. The second-order valence-electron chi connectivity index (χ2n) is 5.03. The SMILES string of the molecule is CCC[C@H](C1CC1)N1CCN(C)CC1. The molecule has 1 saturated heterocycles. The molecule has 2 heteroatoms. The summed E-state index contributed by atoms with van der Waals surface area (Å²) in [5.74, 6) is 1.05. The average Bonchev–Trinajstić information content (AvgIpc) is 2.99. The van der Waals surface area contributed by atoms with Crippen LogP contribution in [0.15, 0.2) is 0 Å². The van der Waals surface area contributed by atoms with Gasteiger partial charge in [0.25, 0.3) is 0 Å².